The second-order valence-corrected chi connectivity index (χ2v) is 4.38. The van der Waals surface area contributed by atoms with Crippen molar-refractivity contribution in [1.82, 2.24) is 10.2 Å². The molecule has 2 amide bonds. The largest absolute Gasteiger partial charge is 0.397 e. The first-order valence-electron chi connectivity index (χ1n) is 6.11. The highest BCUT2D eigenvalue weighted by Gasteiger charge is 2.19. The fourth-order valence-electron chi connectivity index (χ4n) is 1.65. The summed E-state index contributed by atoms with van der Waals surface area (Å²) in [5.74, 6) is -0.493. The first-order chi connectivity index (χ1) is 9.01. The molecule has 0 aliphatic carbocycles. The van der Waals surface area contributed by atoms with Crippen molar-refractivity contribution in [2.45, 2.75) is 13.8 Å². The zero-order chi connectivity index (χ0) is 14.4. The van der Waals surface area contributed by atoms with Gasteiger partial charge in [0.1, 0.15) is 0 Å². The zero-order valence-corrected chi connectivity index (χ0v) is 11.8. The van der Waals surface area contributed by atoms with E-state index in [1.807, 2.05) is 6.92 Å². The van der Waals surface area contributed by atoms with Gasteiger partial charge in [-0.2, -0.15) is 0 Å². The van der Waals surface area contributed by atoms with E-state index in [4.69, 9.17) is 17.3 Å². The van der Waals surface area contributed by atoms with Crippen molar-refractivity contribution < 1.29 is 9.59 Å². The minimum Gasteiger partial charge on any atom is -0.397 e. The molecule has 0 spiro atoms. The molecule has 0 bridgehead atoms. The molecule has 0 saturated heterocycles. The lowest BCUT2D eigenvalue weighted by molar-refractivity contribution is -0.121. The molecule has 19 heavy (non-hydrogen) atoms. The SMILES string of the molecule is CCNC(=O)CN(CC)C(=O)c1cccc(Cl)c1N. The molecule has 6 heteroatoms. The van der Waals surface area contributed by atoms with Crippen LogP contribution in [0.15, 0.2) is 18.2 Å². The van der Waals surface area contributed by atoms with Gasteiger partial charge in [-0.25, -0.2) is 0 Å². The van der Waals surface area contributed by atoms with E-state index in [1.54, 1.807) is 25.1 Å². The molecule has 1 rings (SSSR count). The zero-order valence-electron chi connectivity index (χ0n) is 11.1. The van der Waals surface area contributed by atoms with Crippen LogP contribution in [-0.4, -0.2) is 36.3 Å². The van der Waals surface area contributed by atoms with E-state index in [-0.39, 0.29) is 24.0 Å². The number of nitrogens with two attached hydrogens (primary N) is 1. The molecule has 0 aliphatic heterocycles. The lowest BCUT2D eigenvalue weighted by atomic mass is 10.1. The summed E-state index contributed by atoms with van der Waals surface area (Å²) in [7, 11) is 0. The van der Waals surface area contributed by atoms with Crippen LogP contribution in [0.2, 0.25) is 5.02 Å². The van der Waals surface area contributed by atoms with Crippen LogP contribution in [0.4, 0.5) is 5.69 Å². The Bertz CT molecular complexity index is 477. The smallest absolute Gasteiger partial charge is 0.256 e. The maximum absolute atomic E-state index is 12.3. The van der Waals surface area contributed by atoms with Crippen molar-refractivity contribution in [2.24, 2.45) is 0 Å². The predicted molar refractivity (Wildman–Crippen MR) is 76.1 cm³/mol. The van der Waals surface area contributed by atoms with E-state index in [0.717, 1.165) is 0 Å². The van der Waals surface area contributed by atoms with Crippen molar-refractivity contribution >= 4 is 29.1 Å². The highest BCUT2D eigenvalue weighted by molar-refractivity contribution is 6.33. The molecule has 0 aliphatic rings. The van der Waals surface area contributed by atoms with Gasteiger partial charge >= 0.3 is 0 Å². The molecule has 1 aromatic rings. The Morgan fingerprint density at radius 2 is 2.05 bits per heavy atom. The maximum Gasteiger partial charge on any atom is 0.256 e. The predicted octanol–water partition coefficient (Wildman–Crippen LogP) is 1.52. The Morgan fingerprint density at radius 1 is 1.37 bits per heavy atom. The lowest BCUT2D eigenvalue weighted by Gasteiger charge is -2.21. The molecule has 0 unspecified atom stereocenters. The number of nitrogens with one attached hydrogen (secondary N) is 1. The van der Waals surface area contributed by atoms with E-state index in [1.165, 1.54) is 4.90 Å². The first-order valence-corrected chi connectivity index (χ1v) is 6.49. The van der Waals surface area contributed by atoms with Crippen LogP contribution in [0, 0.1) is 0 Å². The van der Waals surface area contributed by atoms with Gasteiger partial charge in [0, 0.05) is 13.1 Å². The lowest BCUT2D eigenvalue weighted by Crippen LogP contribution is -2.40. The van der Waals surface area contributed by atoms with Crippen LogP contribution in [0.3, 0.4) is 0 Å². The summed E-state index contributed by atoms with van der Waals surface area (Å²) in [6, 6.07) is 4.88. The van der Waals surface area contributed by atoms with Crippen LogP contribution in [0.25, 0.3) is 0 Å². The van der Waals surface area contributed by atoms with Crippen molar-refractivity contribution in [3.8, 4) is 0 Å². The summed E-state index contributed by atoms with van der Waals surface area (Å²) in [6.07, 6.45) is 0. The number of carbonyl (C=O) groups excluding carboxylic acids is 2. The van der Waals surface area contributed by atoms with E-state index >= 15 is 0 Å². The molecule has 0 heterocycles. The standard InChI is InChI=1S/C13H18ClN3O2/c1-3-16-11(18)8-17(4-2)13(19)9-6-5-7-10(14)12(9)15/h5-7H,3-4,8,15H2,1-2H3,(H,16,18). The van der Waals surface area contributed by atoms with E-state index in [0.29, 0.717) is 23.7 Å². The summed E-state index contributed by atoms with van der Waals surface area (Å²) in [5, 5.41) is 2.99. The highest BCUT2D eigenvalue weighted by atomic mass is 35.5. The maximum atomic E-state index is 12.3. The van der Waals surface area contributed by atoms with Gasteiger partial charge < -0.3 is 16.0 Å². The number of rotatable bonds is 5. The van der Waals surface area contributed by atoms with Crippen molar-refractivity contribution in [2.75, 3.05) is 25.4 Å². The second kappa shape index (κ2) is 6.99. The summed E-state index contributed by atoms with van der Waals surface area (Å²) >= 11 is 5.89. The summed E-state index contributed by atoms with van der Waals surface area (Å²) in [6.45, 7) is 4.59. The number of nitrogens with zero attached hydrogens (tertiary/aromatic N) is 1. The number of nitrogen functional groups attached to an aromatic ring is 1. The van der Waals surface area contributed by atoms with Gasteiger partial charge in [-0.15, -0.1) is 0 Å². The molecular formula is C13H18ClN3O2. The third-order valence-electron chi connectivity index (χ3n) is 2.66. The number of carbonyl (C=O) groups is 2. The second-order valence-electron chi connectivity index (χ2n) is 3.97. The molecule has 0 saturated carbocycles. The third-order valence-corrected chi connectivity index (χ3v) is 2.99. The number of hydrogen-bond acceptors (Lipinski definition) is 3. The summed E-state index contributed by atoms with van der Waals surface area (Å²) in [4.78, 5) is 25.3. The Labute approximate surface area is 117 Å². The Morgan fingerprint density at radius 3 is 2.63 bits per heavy atom. The van der Waals surface area contributed by atoms with Crippen molar-refractivity contribution in [1.29, 1.82) is 0 Å². The fraction of sp³-hybridized carbons (Fsp3) is 0.385. The molecular weight excluding hydrogens is 266 g/mol. The summed E-state index contributed by atoms with van der Waals surface area (Å²) < 4.78 is 0. The minimum atomic E-state index is -0.297. The molecule has 0 atom stereocenters. The van der Waals surface area contributed by atoms with Gasteiger partial charge in [0.15, 0.2) is 0 Å². The molecule has 3 N–H and O–H groups in total. The molecule has 0 fully saturated rings. The van der Waals surface area contributed by atoms with Crippen LogP contribution in [-0.2, 0) is 4.79 Å². The summed E-state index contributed by atoms with van der Waals surface area (Å²) in [5.41, 5.74) is 6.34. The van der Waals surface area contributed by atoms with Gasteiger partial charge in [0.2, 0.25) is 5.91 Å². The molecule has 104 valence electrons. The quantitative estimate of drug-likeness (QED) is 0.805. The van der Waals surface area contributed by atoms with Gasteiger partial charge in [-0.05, 0) is 26.0 Å². The van der Waals surface area contributed by atoms with Crippen molar-refractivity contribution in [3.05, 3.63) is 28.8 Å². The normalized spacial score (nSPS) is 10.1. The molecule has 1 aromatic carbocycles. The highest BCUT2D eigenvalue weighted by Crippen LogP contribution is 2.23. The molecule has 5 nitrogen and oxygen atoms in total. The van der Waals surface area contributed by atoms with Crippen LogP contribution in [0.1, 0.15) is 24.2 Å². The van der Waals surface area contributed by atoms with E-state index in [9.17, 15) is 9.59 Å². The number of hydrogen-bond donors (Lipinski definition) is 2. The Kier molecular flexibility index (Phi) is 5.63. The average molecular weight is 284 g/mol. The number of anilines is 1. The van der Waals surface area contributed by atoms with Gasteiger partial charge in [0.25, 0.3) is 5.91 Å². The number of amides is 2. The average Bonchev–Trinajstić information content (AvgIpc) is 2.39. The van der Waals surface area contributed by atoms with E-state index in [2.05, 4.69) is 5.32 Å². The minimum absolute atomic E-state index is 0.00905. The number of halogens is 1. The van der Waals surface area contributed by atoms with Crippen molar-refractivity contribution in [3.63, 3.8) is 0 Å². The third kappa shape index (κ3) is 3.86. The molecule has 0 aromatic heterocycles. The van der Waals surface area contributed by atoms with Crippen LogP contribution in [0.5, 0.6) is 0 Å². The number of benzene rings is 1. The monoisotopic (exact) mass is 283 g/mol. The van der Waals surface area contributed by atoms with Gasteiger partial charge in [-0.3, -0.25) is 9.59 Å². The van der Waals surface area contributed by atoms with Gasteiger partial charge in [-0.1, -0.05) is 17.7 Å². The van der Waals surface area contributed by atoms with E-state index < -0.39 is 0 Å². The number of para-hydroxylation sites is 1. The molecule has 0 radical (unpaired) electrons. The van der Waals surface area contributed by atoms with Crippen LogP contribution < -0.4 is 11.1 Å². The first kappa shape index (κ1) is 15.3. The fourth-order valence-corrected chi connectivity index (χ4v) is 1.82. The topological polar surface area (TPSA) is 75.4 Å². The van der Waals surface area contributed by atoms with Gasteiger partial charge in [0.05, 0.1) is 22.8 Å². The Balaban J connectivity index is 2.89. The Hall–Kier alpha value is -1.75. The number of likely N-dealkylation sites (N-methyl/N-ethyl adjacent to an activating group) is 2. The van der Waals surface area contributed by atoms with Crippen LogP contribution >= 0.6 is 11.6 Å².